The number of hydrogen-bond acceptors (Lipinski definition) is 3. The first kappa shape index (κ1) is 15.5. The van der Waals surface area contributed by atoms with Gasteiger partial charge in [-0.2, -0.15) is 0 Å². The average Bonchev–Trinajstić information content (AvgIpc) is 2.38. The summed E-state index contributed by atoms with van der Waals surface area (Å²) in [6.07, 6.45) is 4.58. The van der Waals surface area contributed by atoms with Gasteiger partial charge in [-0.15, -0.1) is 0 Å². The van der Waals surface area contributed by atoms with Gasteiger partial charge >= 0.3 is 0 Å². The molecule has 4 heteroatoms. The SMILES string of the molecule is CCCCN(CCCC)c1nc(C)ccc1C(=N)N. The second kappa shape index (κ2) is 7.77. The lowest BCUT2D eigenvalue weighted by Gasteiger charge is -2.26. The molecule has 0 radical (unpaired) electrons. The number of rotatable bonds is 8. The maximum Gasteiger partial charge on any atom is 0.139 e. The van der Waals surface area contributed by atoms with Crippen molar-refractivity contribution in [3.05, 3.63) is 23.4 Å². The number of unbranched alkanes of at least 4 members (excludes halogenated alkanes) is 2. The van der Waals surface area contributed by atoms with Crippen molar-refractivity contribution in [2.45, 2.75) is 46.5 Å². The maximum absolute atomic E-state index is 7.71. The third kappa shape index (κ3) is 4.54. The van der Waals surface area contributed by atoms with Crippen molar-refractivity contribution in [1.29, 1.82) is 5.41 Å². The van der Waals surface area contributed by atoms with Crippen LogP contribution in [-0.2, 0) is 0 Å². The number of amidine groups is 1. The van der Waals surface area contributed by atoms with Crippen LogP contribution in [0.3, 0.4) is 0 Å². The van der Waals surface area contributed by atoms with Gasteiger partial charge < -0.3 is 10.6 Å². The topological polar surface area (TPSA) is 66.0 Å². The Hall–Kier alpha value is -1.58. The van der Waals surface area contributed by atoms with Crippen molar-refractivity contribution in [2.75, 3.05) is 18.0 Å². The van der Waals surface area contributed by atoms with Crippen LogP contribution < -0.4 is 10.6 Å². The second-order valence-electron chi connectivity index (χ2n) is 4.93. The molecule has 0 fully saturated rings. The van der Waals surface area contributed by atoms with Crippen LogP contribution in [0.4, 0.5) is 5.82 Å². The zero-order valence-electron chi connectivity index (χ0n) is 12.4. The van der Waals surface area contributed by atoms with Crippen molar-refractivity contribution in [2.24, 2.45) is 5.73 Å². The van der Waals surface area contributed by atoms with Gasteiger partial charge in [0.15, 0.2) is 0 Å². The van der Waals surface area contributed by atoms with Crippen LogP contribution in [0.15, 0.2) is 12.1 Å². The fourth-order valence-electron chi connectivity index (χ4n) is 2.02. The van der Waals surface area contributed by atoms with E-state index in [2.05, 4.69) is 23.7 Å². The molecule has 1 aromatic rings. The first-order valence-corrected chi connectivity index (χ1v) is 7.17. The molecule has 0 aromatic carbocycles. The van der Waals surface area contributed by atoms with Gasteiger partial charge in [0, 0.05) is 18.8 Å². The largest absolute Gasteiger partial charge is 0.384 e. The highest BCUT2D eigenvalue weighted by atomic mass is 15.2. The normalized spacial score (nSPS) is 10.5. The van der Waals surface area contributed by atoms with E-state index < -0.39 is 0 Å². The van der Waals surface area contributed by atoms with E-state index in [-0.39, 0.29) is 5.84 Å². The minimum absolute atomic E-state index is 0.0977. The number of anilines is 1. The number of pyridine rings is 1. The van der Waals surface area contributed by atoms with Crippen LogP contribution in [0.1, 0.15) is 50.8 Å². The first-order valence-electron chi connectivity index (χ1n) is 7.17. The Morgan fingerprint density at radius 3 is 2.26 bits per heavy atom. The molecule has 4 nitrogen and oxygen atoms in total. The molecular weight excluding hydrogens is 236 g/mol. The standard InChI is InChI=1S/C15H26N4/c1-4-6-10-19(11-7-5-2)15-13(14(16)17)9-8-12(3)18-15/h8-9H,4-7,10-11H2,1-3H3,(H3,16,17). The molecule has 0 aliphatic heterocycles. The number of nitrogens with zero attached hydrogens (tertiary/aromatic N) is 2. The van der Waals surface area contributed by atoms with Gasteiger partial charge in [0.2, 0.25) is 0 Å². The summed E-state index contributed by atoms with van der Waals surface area (Å²) in [5.41, 5.74) is 7.39. The third-order valence-corrected chi connectivity index (χ3v) is 3.17. The van der Waals surface area contributed by atoms with E-state index in [0.717, 1.165) is 55.8 Å². The Morgan fingerprint density at radius 1 is 1.21 bits per heavy atom. The molecule has 0 aliphatic rings. The van der Waals surface area contributed by atoms with E-state index in [9.17, 15) is 0 Å². The van der Waals surface area contributed by atoms with Gasteiger partial charge in [0.1, 0.15) is 11.7 Å². The van der Waals surface area contributed by atoms with E-state index in [1.807, 2.05) is 19.1 Å². The molecule has 0 saturated heterocycles. The summed E-state index contributed by atoms with van der Waals surface area (Å²) >= 11 is 0. The summed E-state index contributed by atoms with van der Waals surface area (Å²) in [6.45, 7) is 8.31. The van der Waals surface area contributed by atoms with Crippen molar-refractivity contribution in [3.63, 3.8) is 0 Å². The molecule has 3 N–H and O–H groups in total. The van der Waals surface area contributed by atoms with E-state index in [0.29, 0.717) is 0 Å². The summed E-state index contributed by atoms with van der Waals surface area (Å²) in [5.74, 6) is 0.967. The molecule has 106 valence electrons. The van der Waals surface area contributed by atoms with Crippen LogP contribution in [0.5, 0.6) is 0 Å². The summed E-state index contributed by atoms with van der Waals surface area (Å²) in [7, 11) is 0. The molecule has 1 heterocycles. The Balaban J connectivity index is 3.03. The molecule has 0 atom stereocenters. The van der Waals surface area contributed by atoms with Gasteiger partial charge in [-0.1, -0.05) is 26.7 Å². The molecule has 0 amide bonds. The highest BCUT2D eigenvalue weighted by molar-refractivity contribution is 5.99. The van der Waals surface area contributed by atoms with Crippen molar-refractivity contribution in [1.82, 2.24) is 4.98 Å². The fraction of sp³-hybridized carbons (Fsp3) is 0.600. The number of nitrogen functional groups attached to an aromatic ring is 1. The minimum atomic E-state index is 0.0977. The van der Waals surface area contributed by atoms with E-state index in [1.54, 1.807) is 0 Å². The van der Waals surface area contributed by atoms with Gasteiger partial charge in [0.05, 0.1) is 5.56 Å². The third-order valence-electron chi connectivity index (χ3n) is 3.17. The number of hydrogen-bond donors (Lipinski definition) is 2. The minimum Gasteiger partial charge on any atom is -0.384 e. The van der Waals surface area contributed by atoms with Crippen molar-refractivity contribution in [3.8, 4) is 0 Å². The Labute approximate surface area is 116 Å². The highest BCUT2D eigenvalue weighted by Crippen LogP contribution is 2.19. The molecule has 1 rings (SSSR count). The van der Waals surface area contributed by atoms with Crippen LogP contribution in [0.2, 0.25) is 0 Å². The lowest BCUT2D eigenvalue weighted by Crippen LogP contribution is -2.29. The number of nitrogens with one attached hydrogen (secondary N) is 1. The number of aromatic nitrogens is 1. The highest BCUT2D eigenvalue weighted by Gasteiger charge is 2.14. The smallest absolute Gasteiger partial charge is 0.139 e. The molecule has 0 spiro atoms. The van der Waals surface area contributed by atoms with Crippen molar-refractivity contribution < 1.29 is 0 Å². The van der Waals surface area contributed by atoms with E-state index in [4.69, 9.17) is 11.1 Å². The number of aryl methyl sites for hydroxylation is 1. The molecule has 0 aliphatic carbocycles. The summed E-state index contributed by atoms with van der Waals surface area (Å²) in [5, 5.41) is 7.71. The predicted molar refractivity (Wildman–Crippen MR) is 82.0 cm³/mol. The lowest BCUT2D eigenvalue weighted by atomic mass is 10.1. The molecule has 19 heavy (non-hydrogen) atoms. The van der Waals surface area contributed by atoms with Gasteiger partial charge in [-0.3, -0.25) is 5.41 Å². The van der Waals surface area contributed by atoms with E-state index >= 15 is 0 Å². The van der Waals surface area contributed by atoms with Crippen LogP contribution in [0.25, 0.3) is 0 Å². The fourth-order valence-corrected chi connectivity index (χ4v) is 2.02. The zero-order valence-corrected chi connectivity index (χ0v) is 12.4. The number of nitrogens with two attached hydrogens (primary N) is 1. The first-order chi connectivity index (χ1) is 9.10. The summed E-state index contributed by atoms with van der Waals surface area (Å²) in [4.78, 5) is 6.88. The zero-order chi connectivity index (χ0) is 14.3. The van der Waals surface area contributed by atoms with Crippen molar-refractivity contribution >= 4 is 11.7 Å². The summed E-state index contributed by atoms with van der Waals surface area (Å²) in [6, 6.07) is 3.82. The Bertz CT molecular complexity index is 407. The average molecular weight is 262 g/mol. The van der Waals surface area contributed by atoms with E-state index in [1.165, 1.54) is 0 Å². The Kier molecular flexibility index (Phi) is 6.33. The molecule has 1 aromatic heterocycles. The van der Waals surface area contributed by atoms with Crippen LogP contribution >= 0.6 is 0 Å². The van der Waals surface area contributed by atoms with Crippen LogP contribution in [-0.4, -0.2) is 23.9 Å². The quantitative estimate of drug-likeness (QED) is 0.559. The molecule has 0 saturated carbocycles. The van der Waals surface area contributed by atoms with Gasteiger partial charge in [-0.05, 0) is 31.9 Å². The molecular formula is C15H26N4. The molecule has 0 unspecified atom stereocenters. The second-order valence-corrected chi connectivity index (χ2v) is 4.93. The predicted octanol–water partition coefficient (Wildman–Crippen LogP) is 3.08. The maximum atomic E-state index is 7.71. The lowest BCUT2D eigenvalue weighted by molar-refractivity contribution is 0.670. The Morgan fingerprint density at radius 2 is 1.79 bits per heavy atom. The van der Waals surface area contributed by atoms with Crippen LogP contribution in [0, 0.1) is 12.3 Å². The van der Waals surface area contributed by atoms with Gasteiger partial charge in [-0.25, -0.2) is 4.98 Å². The monoisotopic (exact) mass is 262 g/mol. The summed E-state index contributed by atoms with van der Waals surface area (Å²) < 4.78 is 0. The van der Waals surface area contributed by atoms with Gasteiger partial charge in [0.25, 0.3) is 0 Å². The molecule has 0 bridgehead atoms.